The Labute approximate surface area is 113 Å². The van der Waals surface area contributed by atoms with Crippen molar-refractivity contribution in [3.8, 4) is 0 Å². The summed E-state index contributed by atoms with van der Waals surface area (Å²) in [5.41, 5.74) is 1.02. The number of rotatable bonds is 3. The van der Waals surface area contributed by atoms with Crippen molar-refractivity contribution in [3.05, 3.63) is 29.8 Å². The molecule has 19 heavy (non-hydrogen) atoms. The first-order valence-corrected chi connectivity index (χ1v) is 8.04. The summed E-state index contributed by atoms with van der Waals surface area (Å²) in [5, 5.41) is 9.68. The molecule has 3 rings (SSSR count). The largest absolute Gasteiger partial charge is 0.393 e. The van der Waals surface area contributed by atoms with Gasteiger partial charge in [-0.25, -0.2) is 0 Å². The van der Waals surface area contributed by atoms with Crippen LogP contribution in [0.4, 0.5) is 0 Å². The molecule has 0 amide bonds. The average Bonchev–Trinajstić information content (AvgIpc) is 2.88. The van der Waals surface area contributed by atoms with Gasteiger partial charge in [-0.3, -0.25) is 4.18 Å². The van der Waals surface area contributed by atoms with Gasteiger partial charge in [0.15, 0.2) is 0 Å². The van der Waals surface area contributed by atoms with E-state index in [1.54, 1.807) is 24.3 Å². The van der Waals surface area contributed by atoms with Crippen LogP contribution in [0.3, 0.4) is 0 Å². The molecule has 0 saturated heterocycles. The fourth-order valence-corrected chi connectivity index (χ4v) is 4.38. The second-order valence-corrected chi connectivity index (χ2v) is 7.27. The fourth-order valence-electron chi connectivity index (χ4n) is 3.23. The van der Waals surface area contributed by atoms with Gasteiger partial charge in [0, 0.05) is 0 Å². The molecule has 104 valence electrons. The van der Waals surface area contributed by atoms with Gasteiger partial charge >= 0.3 is 0 Å². The Morgan fingerprint density at radius 2 is 1.79 bits per heavy atom. The zero-order valence-electron chi connectivity index (χ0n) is 10.8. The second-order valence-electron chi connectivity index (χ2n) is 5.70. The van der Waals surface area contributed by atoms with E-state index in [9.17, 15) is 13.5 Å². The molecule has 0 aliphatic heterocycles. The zero-order valence-corrected chi connectivity index (χ0v) is 11.6. The highest BCUT2D eigenvalue weighted by Gasteiger charge is 2.47. The number of hydrogen-bond donors (Lipinski definition) is 1. The molecule has 1 N–H and O–H groups in total. The van der Waals surface area contributed by atoms with Crippen LogP contribution >= 0.6 is 0 Å². The SMILES string of the molecule is Cc1ccc(S(=O)(=O)O[C@H]2C[C@H]3C[C@@H]2C[C@H]3O)cc1. The third-order valence-corrected chi connectivity index (χ3v) is 5.66. The second kappa shape index (κ2) is 4.58. The van der Waals surface area contributed by atoms with Crippen LogP contribution in [0, 0.1) is 18.8 Å². The predicted octanol–water partition coefficient (Wildman–Crippen LogP) is 1.86. The van der Waals surface area contributed by atoms with Gasteiger partial charge in [0.25, 0.3) is 10.1 Å². The van der Waals surface area contributed by atoms with Gasteiger partial charge in [-0.1, -0.05) is 17.7 Å². The van der Waals surface area contributed by atoms with Crippen molar-refractivity contribution < 1.29 is 17.7 Å². The maximum atomic E-state index is 12.2. The van der Waals surface area contributed by atoms with Crippen molar-refractivity contribution >= 4 is 10.1 Å². The van der Waals surface area contributed by atoms with E-state index in [1.807, 2.05) is 6.92 Å². The van der Waals surface area contributed by atoms with E-state index in [0.717, 1.165) is 12.0 Å². The van der Waals surface area contributed by atoms with Crippen LogP contribution in [-0.4, -0.2) is 25.7 Å². The first-order chi connectivity index (χ1) is 8.95. The maximum absolute atomic E-state index is 12.2. The first kappa shape index (κ1) is 13.1. The number of aryl methyl sites for hydroxylation is 1. The Kier molecular flexibility index (Phi) is 3.15. The van der Waals surface area contributed by atoms with E-state index in [2.05, 4.69) is 0 Å². The lowest BCUT2D eigenvalue weighted by atomic mass is 9.95. The minimum Gasteiger partial charge on any atom is -0.393 e. The van der Waals surface area contributed by atoms with Crippen LogP contribution < -0.4 is 0 Å². The highest BCUT2D eigenvalue weighted by Crippen LogP contribution is 2.46. The summed E-state index contributed by atoms with van der Waals surface area (Å²) in [4.78, 5) is 0.210. The number of aliphatic hydroxyl groups is 1. The van der Waals surface area contributed by atoms with Crippen molar-refractivity contribution in [2.24, 2.45) is 11.8 Å². The van der Waals surface area contributed by atoms with Crippen molar-refractivity contribution in [3.63, 3.8) is 0 Å². The van der Waals surface area contributed by atoms with E-state index in [1.165, 1.54) is 0 Å². The lowest BCUT2D eigenvalue weighted by Gasteiger charge is -2.24. The maximum Gasteiger partial charge on any atom is 0.297 e. The van der Waals surface area contributed by atoms with Gasteiger partial charge in [0.1, 0.15) is 0 Å². The standard InChI is InChI=1S/C14H18O4S/c1-9-2-4-12(5-3-9)19(16,17)18-14-8-10-6-11(14)7-13(10)15/h2-5,10-11,13-15H,6-8H2,1H3/t10-,11-,13-,14+/m1/s1. The number of hydrogen-bond acceptors (Lipinski definition) is 4. The molecular weight excluding hydrogens is 264 g/mol. The minimum absolute atomic E-state index is 0.181. The van der Waals surface area contributed by atoms with E-state index in [-0.39, 0.29) is 28.9 Å². The summed E-state index contributed by atoms with van der Waals surface area (Å²) in [6.45, 7) is 1.91. The van der Waals surface area contributed by atoms with E-state index >= 15 is 0 Å². The molecule has 4 atom stereocenters. The number of benzene rings is 1. The monoisotopic (exact) mass is 282 g/mol. The number of aliphatic hydroxyl groups excluding tert-OH is 1. The minimum atomic E-state index is -3.68. The van der Waals surface area contributed by atoms with Crippen LogP contribution in [0.2, 0.25) is 0 Å². The van der Waals surface area contributed by atoms with Crippen molar-refractivity contribution in [1.29, 1.82) is 0 Å². The quantitative estimate of drug-likeness (QED) is 0.860. The van der Waals surface area contributed by atoms with Gasteiger partial charge in [-0.2, -0.15) is 8.42 Å². The molecule has 1 aromatic rings. The van der Waals surface area contributed by atoms with E-state index in [4.69, 9.17) is 4.18 Å². The van der Waals surface area contributed by atoms with Gasteiger partial charge in [0.2, 0.25) is 0 Å². The smallest absolute Gasteiger partial charge is 0.297 e. The summed E-state index contributed by atoms with van der Waals surface area (Å²) in [5.74, 6) is 0.392. The van der Waals surface area contributed by atoms with Crippen LogP contribution in [0.25, 0.3) is 0 Å². The van der Waals surface area contributed by atoms with Crippen LogP contribution in [-0.2, 0) is 14.3 Å². The van der Waals surface area contributed by atoms with Gasteiger partial charge in [-0.05, 0) is 50.2 Å². The molecular formula is C14H18O4S. The van der Waals surface area contributed by atoms with Crippen molar-refractivity contribution in [2.75, 3.05) is 0 Å². The summed E-state index contributed by atoms with van der Waals surface area (Å²) in [7, 11) is -3.68. The highest BCUT2D eigenvalue weighted by molar-refractivity contribution is 7.86. The molecule has 4 nitrogen and oxygen atoms in total. The van der Waals surface area contributed by atoms with Crippen LogP contribution in [0.5, 0.6) is 0 Å². The Bertz CT molecular complexity index is 562. The Balaban J connectivity index is 1.75. The van der Waals surface area contributed by atoms with Gasteiger partial charge < -0.3 is 5.11 Å². The molecule has 2 aliphatic rings. The number of fused-ring (bicyclic) bond motifs is 2. The first-order valence-electron chi connectivity index (χ1n) is 6.64. The summed E-state index contributed by atoms with van der Waals surface area (Å²) in [6.07, 6.45) is 1.66. The normalized spacial score (nSPS) is 33.8. The predicted molar refractivity (Wildman–Crippen MR) is 70.1 cm³/mol. The van der Waals surface area contributed by atoms with Gasteiger partial charge in [-0.15, -0.1) is 0 Å². The molecule has 0 heterocycles. The van der Waals surface area contributed by atoms with E-state index in [0.29, 0.717) is 12.8 Å². The lowest BCUT2D eigenvalue weighted by Crippen LogP contribution is -2.29. The molecule has 2 bridgehead atoms. The molecule has 0 unspecified atom stereocenters. The van der Waals surface area contributed by atoms with Crippen molar-refractivity contribution in [1.82, 2.24) is 0 Å². The average molecular weight is 282 g/mol. The van der Waals surface area contributed by atoms with E-state index < -0.39 is 10.1 Å². The molecule has 0 radical (unpaired) electrons. The molecule has 5 heteroatoms. The summed E-state index contributed by atoms with van der Waals surface area (Å²) >= 11 is 0. The third kappa shape index (κ3) is 2.42. The molecule has 1 aromatic carbocycles. The molecule has 2 saturated carbocycles. The molecule has 0 aromatic heterocycles. The molecule has 2 aliphatic carbocycles. The zero-order chi connectivity index (χ0) is 13.6. The highest BCUT2D eigenvalue weighted by atomic mass is 32.2. The lowest BCUT2D eigenvalue weighted by molar-refractivity contribution is 0.0598. The molecule has 0 spiro atoms. The van der Waals surface area contributed by atoms with Crippen LogP contribution in [0.15, 0.2) is 29.2 Å². The van der Waals surface area contributed by atoms with Gasteiger partial charge in [0.05, 0.1) is 17.1 Å². The topological polar surface area (TPSA) is 63.6 Å². The Morgan fingerprint density at radius 3 is 2.32 bits per heavy atom. The summed E-state index contributed by atoms with van der Waals surface area (Å²) < 4.78 is 29.7. The molecule has 2 fully saturated rings. The van der Waals surface area contributed by atoms with Crippen molar-refractivity contribution in [2.45, 2.75) is 43.3 Å². The third-order valence-electron chi connectivity index (χ3n) is 4.31. The van der Waals surface area contributed by atoms with Crippen LogP contribution in [0.1, 0.15) is 24.8 Å². The Hall–Kier alpha value is -0.910. The Morgan fingerprint density at radius 1 is 1.11 bits per heavy atom. The summed E-state index contributed by atoms with van der Waals surface area (Å²) in [6, 6.07) is 6.68. The fraction of sp³-hybridized carbons (Fsp3) is 0.571.